The van der Waals surface area contributed by atoms with Crippen LogP contribution in [0.3, 0.4) is 0 Å². The number of benzene rings is 1. The summed E-state index contributed by atoms with van der Waals surface area (Å²) in [4.78, 5) is 13.8. The molecule has 0 N–H and O–H groups in total. The van der Waals surface area contributed by atoms with Gasteiger partial charge in [-0.15, -0.1) is 0 Å². The molecular weight excluding hydrogens is 212 g/mol. The molecule has 0 bridgehead atoms. The smallest absolute Gasteiger partial charge is 0.462 e. The van der Waals surface area contributed by atoms with Crippen molar-refractivity contribution in [1.82, 2.24) is 0 Å². The lowest BCUT2D eigenvalue weighted by atomic mass is 10.2. The first-order valence-corrected chi connectivity index (χ1v) is 4.34. The summed E-state index contributed by atoms with van der Waals surface area (Å²) >= 11 is 0. The Morgan fingerprint density at radius 1 is 1.50 bits per heavy atom. The number of diazo groups is 1. The van der Waals surface area contributed by atoms with Gasteiger partial charge < -0.3 is 14.3 Å². The van der Waals surface area contributed by atoms with Crippen molar-refractivity contribution in [3.63, 3.8) is 0 Å². The van der Waals surface area contributed by atoms with Crippen LogP contribution in [0.2, 0.25) is 0 Å². The van der Waals surface area contributed by atoms with Crippen LogP contribution in [0, 0.1) is 5.39 Å². The van der Waals surface area contributed by atoms with Crippen LogP contribution >= 0.6 is 0 Å². The van der Waals surface area contributed by atoms with Crippen LogP contribution in [0.5, 0.6) is 11.5 Å². The summed E-state index contributed by atoms with van der Waals surface area (Å²) in [6.45, 7) is 0. The Kier molecular flexibility index (Phi) is 2.21. The quantitative estimate of drug-likeness (QED) is 0.532. The van der Waals surface area contributed by atoms with Gasteiger partial charge >= 0.3 is 11.3 Å². The lowest BCUT2D eigenvalue weighted by Gasteiger charge is -2.06. The normalized spacial score (nSPS) is 10.0. The minimum Gasteiger partial charge on any atom is -0.866 e. The fourth-order valence-electron chi connectivity index (χ4n) is 1.36. The topological polar surface area (TPSA) is 90.6 Å². The molecule has 1 aromatic heterocycles. The van der Waals surface area contributed by atoms with E-state index in [1.807, 2.05) is 0 Å². The third-order valence-corrected chi connectivity index (χ3v) is 2.14. The van der Waals surface area contributed by atoms with Gasteiger partial charge in [0.25, 0.3) is 0 Å². The molecule has 0 radical (unpaired) electrons. The van der Waals surface area contributed by atoms with Crippen LogP contribution in [0.15, 0.2) is 27.4 Å². The van der Waals surface area contributed by atoms with E-state index in [2.05, 4.69) is 4.98 Å². The standard InChI is InChI=1S/C10H6N2O4/c1-15-5-2-3-6-7(4-5)16-10(14)8(12-11)9(6)13/h2-4H,1H3. The molecule has 0 aliphatic carbocycles. The zero-order valence-electron chi connectivity index (χ0n) is 8.26. The molecule has 0 saturated heterocycles. The van der Waals surface area contributed by atoms with E-state index in [4.69, 9.17) is 14.5 Å². The molecule has 2 rings (SSSR count). The molecule has 0 aliphatic heterocycles. The minimum absolute atomic E-state index is 0.0988. The second-order valence-electron chi connectivity index (χ2n) is 3.03. The van der Waals surface area contributed by atoms with E-state index in [9.17, 15) is 9.90 Å². The van der Waals surface area contributed by atoms with Gasteiger partial charge in [0.05, 0.1) is 7.11 Å². The molecule has 6 nitrogen and oxygen atoms in total. The Labute approximate surface area is 89.3 Å². The molecule has 0 saturated carbocycles. The average molecular weight is 218 g/mol. The Hall–Kier alpha value is -2.55. The van der Waals surface area contributed by atoms with Gasteiger partial charge in [0.1, 0.15) is 11.3 Å². The van der Waals surface area contributed by atoms with Crippen molar-refractivity contribution in [3.05, 3.63) is 33.6 Å². The summed E-state index contributed by atoms with van der Waals surface area (Å²) in [5.74, 6) is -0.208. The van der Waals surface area contributed by atoms with E-state index < -0.39 is 17.1 Å². The van der Waals surface area contributed by atoms with Crippen LogP contribution in [0.1, 0.15) is 0 Å². The van der Waals surface area contributed by atoms with Gasteiger partial charge in [0.15, 0.2) is 4.98 Å². The highest BCUT2D eigenvalue weighted by Gasteiger charge is 2.18. The van der Waals surface area contributed by atoms with Gasteiger partial charge in [-0.1, -0.05) is 0 Å². The molecule has 6 heteroatoms. The number of nitrogens with zero attached hydrogens (tertiary/aromatic N) is 2. The lowest BCUT2D eigenvalue weighted by Crippen LogP contribution is -2.03. The first kappa shape index (κ1) is 9.98. The summed E-state index contributed by atoms with van der Waals surface area (Å²) < 4.78 is 9.74. The van der Waals surface area contributed by atoms with Crippen molar-refractivity contribution < 1.29 is 14.3 Å². The summed E-state index contributed by atoms with van der Waals surface area (Å²) in [6.07, 6.45) is 0. The zero-order valence-corrected chi connectivity index (χ0v) is 8.26. The largest absolute Gasteiger partial charge is 0.866 e. The molecule has 80 valence electrons. The number of hydrogen-bond acceptors (Lipinski definition) is 5. The Morgan fingerprint density at radius 3 is 2.88 bits per heavy atom. The monoisotopic (exact) mass is 218 g/mol. The summed E-state index contributed by atoms with van der Waals surface area (Å²) in [5.41, 5.74) is -1.51. The molecule has 0 fully saturated rings. The second kappa shape index (κ2) is 3.55. The second-order valence-corrected chi connectivity index (χ2v) is 3.03. The lowest BCUT2D eigenvalue weighted by molar-refractivity contribution is -0.264. The number of hydrogen-bond donors (Lipinski definition) is 0. The third kappa shape index (κ3) is 1.35. The predicted octanol–water partition coefficient (Wildman–Crippen LogP) is 1.36. The van der Waals surface area contributed by atoms with Crippen LogP contribution in [-0.2, 0) is 0 Å². The molecule has 0 unspecified atom stereocenters. The molecule has 0 atom stereocenters. The van der Waals surface area contributed by atoms with Crippen LogP contribution in [0.4, 0.5) is 5.69 Å². The van der Waals surface area contributed by atoms with Crippen molar-refractivity contribution in [2.45, 2.75) is 0 Å². The number of fused-ring (bicyclic) bond motifs is 1. The number of methoxy groups -OCH3 is 1. The van der Waals surface area contributed by atoms with Gasteiger partial charge in [-0.2, -0.15) is 0 Å². The third-order valence-electron chi connectivity index (χ3n) is 2.14. The fourth-order valence-corrected chi connectivity index (χ4v) is 1.36. The van der Waals surface area contributed by atoms with Crippen LogP contribution < -0.4 is 15.5 Å². The van der Waals surface area contributed by atoms with E-state index in [0.29, 0.717) is 5.75 Å². The molecule has 0 amide bonds. The van der Waals surface area contributed by atoms with Crippen LogP contribution in [-0.4, -0.2) is 7.11 Å². The van der Waals surface area contributed by atoms with Crippen molar-refractivity contribution in [3.8, 4) is 11.5 Å². The Bertz CT molecular complexity index is 654. The average Bonchev–Trinajstić information content (AvgIpc) is 2.28. The molecule has 2 aromatic rings. The minimum atomic E-state index is -0.978. The van der Waals surface area contributed by atoms with E-state index >= 15 is 0 Å². The predicted molar refractivity (Wildman–Crippen MR) is 53.2 cm³/mol. The zero-order chi connectivity index (χ0) is 11.7. The molecule has 16 heavy (non-hydrogen) atoms. The van der Waals surface area contributed by atoms with E-state index in [-0.39, 0.29) is 11.0 Å². The molecular formula is C10H6N2O4. The van der Waals surface area contributed by atoms with Gasteiger partial charge in [-0.3, -0.25) is 0 Å². The molecule has 0 aliphatic rings. The van der Waals surface area contributed by atoms with Crippen molar-refractivity contribution >= 4 is 16.7 Å². The maximum absolute atomic E-state index is 11.6. The van der Waals surface area contributed by atoms with Crippen LogP contribution in [0.25, 0.3) is 15.9 Å². The van der Waals surface area contributed by atoms with Gasteiger partial charge in [-0.05, 0) is 12.1 Å². The van der Waals surface area contributed by atoms with E-state index in [1.165, 1.54) is 19.2 Å². The first-order chi connectivity index (χ1) is 7.67. The summed E-state index contributed by atoms with van der Waals surface area (Å²) in [5, 5.41) is 20.3. The SMILES string of the molecule is COc1ccc2c([O-])c([N+]#N)c(=O)oc2c1. The van der Waals surface area contributed by atoms with Crippen molar-refractivity contribution in [1.29, 1.82) is 5.39 Å². The summed E-state index contributed by atoms with van der Waals surface area (Å²) in [7, 11) is 1.45. The Balaban J connectivity index is 2.88. The van der Waals surface area contributed by atoms with Gasteiger partial charge in [0.2, 0.25) is 5.39 Å². The van der Waals surface area contributed by atoms with Crippen molar-refractivity contribution in [2.24, 2.45) is 0 Å². The van der Waals surface area contributed by atoms with E-state index in [0.717, 1.165) is 0 Å². The number of rotatable bonds is 1. The maximum atomic E-state index is 11.6. The van der Waals surface area contributed by atoms with Gasteiger partial charge in [-0.25, -0.2) is 4.79 Å². The highest BCUT2D eigenvalue weighted by Crippen LogP contribution is 2.30. The fraction of sp³-hybridized carbons (Fsp3) is 0.100. The van der Waals surface area contributed by atoms with Gasteiger partial charge in [0, 0.05) is 17.2 Å². The van der Waals surface area contributed by atoms with Crippen molar-refractivity contribution in [2.75, 3.05) is 7.11 Å². The molecule has 1 aromatic carbocycles. The maximum Gasteiger partial charge on any atom is 0.462 e. The summed E-state index contributed by atoms with van der Waals surface area (Å²) in [6, 6.07) is 4.40. The van der Waals surface area contributed by atoms with E-state index in [1.54, 1.807) is 6.07 Å². The molecule has 1 heterocycles. The highest BCUT2D eigenvalue weighted by atomic mass is 16.5. The Morgan fingerprint density at radius 2 is 2.25 bits per heavy atom. The highest BCUT2D eigenvalue weighted by molar-refractivity contribution is 5.88. The number of ether oxygens (including phenoxy) is 1. The molecule has 0 spiro atoms. The first-order valence-electron chi connectivity index (χ1n) is 4.34.